The number of rotatable bonds is 3. The van der Waals surface area contributed by atoms with Crippen LogP contribution in [0.2, 0.25) is 0 Å². The van der Waals surface area contributed by atoms with E-state index in [1.54, 1.807) is 0 Å². The predicted octanol–water partition coefficient (Wildman–Crippen LogP) is 1.40. The molecule has 1 aliphatic heterocycles. The molecule has 82 valence electrons. The highest BCUT2D eigenvalue weighted by Gasteiger charge is 2.23. The third kappa shape index (κ3) is 2.13. The van der Waals surface area contributed by atoms with Gasteiger partial charge in [0.05, 0.1) is 6.61 Å². The quantitative estimate of drug-likeness (QED) is 0.812. The van der Waals surface area contributed by atoms with E-state index in [1.165, 1.54) is 5.56 Å². The molecule has 1 heterocycles. The molecule has 0 aliphatic carbocycles. The maximum Gasteiger partial charge on any atom is 0.124 e. The number of fused-ring (bicyclic) bond motifs is 1. The maximum atomic E-state index is 5.62. The first-order chi connectivity index (χ1) is 7.33. The zero-order chi connectivity index (χ0) is 10.7. The van der Waals surface area contributed by atoms with Crippen LogP contribution in [0.25, 0.3) is 0 Å². The van der Waals surface area contributed by atoms with Crippen molar-refractivity contribution in [1.29, 1.82) is 0 Å². The van der Waals surface area contributed by atoms with Crippen molar-refractivity contribution in [2.24, 2.45) is 5.73 Å². The molecule has 15 heavy (non-hydrogen) atoms. The summed E-state index contributed by atoms with van der Waals surface area (Å²) in [6.07, 6.45) is 1.05. The van der Waals surface area contributed by atoms with Gasteiger partial charge < -0.3 is 10.5 Å². The molecule has 0 saturated carbocycles. The van der Waals surface area contributed by atoms with E-state index < -0.39 is 0 Å². The van der Waals surface area contributed by atoms with Crippen molar-refractivity contribution in [3.05, 3.63) is 29.8 Å². The van der Waals surface area contributed by atoms with Crippen LogP contribution in [0.15, 0.2) is 24.3 Å². The van der Waals surface area contributed by atoms with Crippen LogP contribution < -0.4 is 10.5 Å². The Bertz CT molecular complexity index is 327. The number of para-hydroxylation sites is 1. The maximum absolute atomic E-state index is 5.62. The minimum Gasteiger partial charge on any atom is -0.493 e. The second kappa shape index (κ2) is 4.64. The Morgan fingerprint density at radius 2 is 2.27 bits per heavy atom. The van der Waals surface area contributed by atoms with Crippen LogP contribution in [-0.4, -0.2) is 31.6 Å². The molecule has 1 atom stereocenters. The van der Waals surface area contributed by atoms with Crippen molar-refractivity contribution in [2.75, 3.05) is 26.7 Å². The average Bonchev–Trinajstić information content (AvgIpc) is 2.28. The first-order valence-electron chi connectivity index (χ1n) is 5.45. The Balaban J connectivity index is 2.21. The molecular formula is C12H18N2O. The summed E-state index contributed by atoms with van der Waals surface area (Å²) in [5.41, 5.74) is 6.87. The van der Waals surface area contributed by atoms with Crippen LogP contribution >= 0.6 is 0 Å². The Hall–Kier alpha value is -1.06. The topological polar surface area (TPSA) is 38.5 Å². The van der Waals surface area contributed by atoms with Crippen molar-refractivity contribution in [3.63, 3.8) is 0 Å². The molecule has 2 N–H and O–H groups in total. The van der Waals surface area contributed by atoms with Crippen LogP contribution in [-0.2, 0) is 0 Å². The second-order valence-electron chi connectivity index (χ2n) is 3.96. The lowest BCUT2D eigenvalue weighted by Gasteiger charge is -2.32. The molecule has 1 aromatic carbocycles. The molecule has 0 spiro atoms. The number of nitrogens with zero attached hydrogens (tertiary/aromatic N) is 1. The van der Waals surface area contributed by atoms with Gasteiger partial charge in [-0.3, -0.25) is 4.90 Å². The predicted molar refractivity (Wildman–Crippen MR) is 61.0 cm³/mol. The van der Waals surface area contributed by atoms with Gasteiger partial charge in [-0.2, -0.15) is 0 Å². The summed E-state index contributed by atoms with van der Waals surface area (Å²) in [5, 5.41) is 0. The summed E-state index contributed by atoms with van der Waals surface area (Å²) < 4.78 is 5.62. The lowest BCUT2D eigenvalue weighted by Crippen LogP contribution is -2.33. The monoisotopic (exact) mass is 206 g/mol. The largest absolute Gasteiger partial charge is 0.493 e. The summed E-state index contributed by atoms with van der Waals surface area (Å²) in [5.74, 6) is 1.03. The second-order valence-corrected chi connectivity index (χ2v) is 3.96. The molecule has 0 radical (unpaired) electrons. The highest BCUT2D eigenvalue weighted by atomic mass is 16.5. The van der Waals surface area contributed by atoms with E-state index in [2.05, 4.69) is 24.1 Å². The Labute approximate surface area is 90.8 Å². The highest BCUT2D eigenvalue weighted by Crippen LogP contribution is 2.34. The summed E-state index contributed by atoms with van der Waals surface area (Å²) in [4.78, 5) is 2.31. The van der Waals surface area contributed by atoms with Gasteiger partial charge in [0, 0.05) is 31.1 Å². The van der Waals surface area contributed by atoms with E-state index in [-0.39, 0.29) is 0 Å². The van der Waals surface area contributed by atoms with E-state index in [9.17, 15) is 0 Å². The van der Waals surface area contributed by atoms with Crippen molar-refractivity contribution in [2.45, 2.75) is 12.5 Å². The third-order valence-corrected chi connectivity index (χ3v) is 2.94. The van der Waals surface area contributed by atoms with Gasteiger partial charge in [-0.1, -0.05) is 18.2 Å². The van der Waals surface area contributed by atoms with Crippen molar-refractivity contribution in [3.8, 4) is 5.75 Å². The van der Waals surface area contributed by atoms with Crippen LogP contribution in [0.5, 0.6) is 5.75 Å². The number of likely N-dealkylation sites (N-methyl/N-ethyl adjacent to an activating group) is 1. The lowest BCUT2D eigenvalue weighted by atomic mass is 9.99. The van der Waals surface area contributed by atoms with Gasteiger partial charge in [-0.25, -0.2) is 0 Å². The van der Waals surface area contributed by atoms with E-state index in [0.717, 1.165) is 25.3 Å². The molecule has 0 amide bonds. The molecule has 3 nitrogen and oxygen atoms in total. The first kappa shape index (κ1) is 10.5. The van der Waals surface area contributed by atoms with Gasteiger partial charge in [0.2, 0.25) is 0 Å². The minimum absolute atomic E-state index is 0.457. The fourth-order valence-corrected chi connectivity index (χ4v) is 2.14. The standard InChI is InChI=1S/C12H18N2O/c1-14(8-7-13)11-6-9-15-12-5-3-2-4-10(11)12/h2-5,11H,6-9,13H2,1H3. The Morgan fingerprint density at radius 1 is 1.47 bits per heavy atom. The summed E-state index contributed by atoms with van der Waals surface area (Å²) >= 11 is 0. The number of nitrogens with two attached hydrogens (primary N) is 1. The normalized spacial score (nSPS) is 19.8. The summed E-state index contributed by atoms with van der Waals surface area (Å²) in [6, 6.07) is 8.73. The fraction of sp³-hybridized carbons (Fsp3) is 0.500. The van der Waals surface area contributed by atoms with E-state index in [1.807, 2.05) is 12.1 Å². The van der Waals surface area contributed by atoms with Crippen LogP contribution in [0.1, 0.15) is 18.0 Å². The molecule has 0 bridgehead atoms. The molecule has 0 aromatic heterocycles. The molecule has 3 heteroatoms. The van der Waals surface area contributed by atoms with Gasteiger partial charge in [-0.15, -0.1) is 0 Å². The van der Waals surface area contributed by atoms with E-state index >= 15 is 0 Å². The number of ether oxygens (including phenoxy) is 1. The number of hydrogen-bond donors (Lipinski definition) is 1. The van der Waals surface area contributed by atoms with Gasteiger partial charge in [0.15, 0.2) is 0 Å². The number of hydrogen-bond acceptors (Lipinski definition) is 3. The van der Waals surface area contributed by atoms with Crippen molar-refractivity contribution in [1.82, 2.24) is 4.90 Å². The van der Waals surface area contributed by atoms with Gasteiger partial charge in [0.25, 0.3) is 0 Å². The van der Waals surface area contributed by atoms with Gasteiger partial charge in [-0.05, 0) is 13.1 Å². The molecule has 1 aliphatic rings. The smallest absolute Gasteiger partial charge is 0.124 e. The molecular weight excluding hydrogens is 188 g/mol. The third-order valence-electron chi connectivity index (χ3n) is 2.94. The van der Waals surface area contributed by atoms with E-state index in [4.69, 9.17) is 10.5 Å². The zero-order valence-corrected chi connectivity index (χ0v) is 9.15. The number of benzene rings is 1. The first-order valence-corrected chi connectivity index (χ1v) is 5.45. The molecule has 0 fully saturated rings. The molecule has 2 rings (SSSR count). The zero-order valence-electron chi connectivity index (χ0n) is 9.15. The summed E-state index contributed by atoms with van der Waals surface area (Å²) in [6.45, 7) is 2.44. The van der Waals surface area contributed by atoms with Crippen LogP contribution in [0.3, 0.4) is 0 Å². The molecule has 1 unspecified atom stereocenters. The van der Waals surface area contributed by atoms with Crippen LogP contribution in [0, 0.1) is 0 Å². The Morgan fingerprint density at radius 3 is 3.07 bits per heavy atom. The summed E-state index contributed by atoms with van der Waals surface area (Å²) in [7, 11) is 2.12. The van der Waals surface area contributed by atoms with Gasteiger partial charge in [0.1, 0.15) is 5.75 Å². The highest BCUT2D eigenvalue weighted by molar-refractivity contribution is 5.37. The van der Waals surface area contributed by atoms with Crippen molar-refractivity contribution >= 4 is 0 Å². The minimum atomic E-state index is 0.457. The molecule has 0 saturated heterocycles. The Kier molecular flexibility index (Phi) is 3.23. The van der Waals surface area contributed by atoms with E-state index in [0.29, 0.717) is 12.6 Å². The van der Waals surface area contributed by atoms with Crippen molar-refractivity contribution < 1.29 is 4.74 Å². The lowest BCUT2D eigenvalue weighted by molar-refractivity contribution is 0.169. The van der Waals surface area contributed by atoms with Gasteiger partial charge >= 0.3 is 0 Å². The molecule has 1 aromatic rings. The SMILES string of the molecule is CN(CCN)C1CCOc2ccccc21. The van der Waals surface area contributed by atoms with Crippen LogP contribution in [0.4, 0.5) is 0 Å². The fourth-order valence-electron chi connectivity index (χ4n) is 2.14. The average molecular weight is 206 g/mol.